The van der Waals surface area contributed by atoms with Crippen molar-refractivity contribution in [2.24, 2.45) is 5.92 Å². The molecule has 17 heavy (non-hydrogen) atoms. The molecule has 0 atom stereocenters. The molecule has 0 aliphatic heterocycles. The van der Waals surface area contributed by atoms with E-state index >= 15 is 0 Å². The van der Waals surface area contributed by atoms with Crippen LogP contribution in [0, 0.1) is 19.8 Å². The third-order valence-corrected chi connectivity index (χ3v) is 3.54. The van der Waals surface area contributed by atoms with Gasteiger partial charge in [0.05, 0.1) is 5.69 Å². The van der Waals surface area contributed by atoms with Crippen LogP contribution in [0.2, 0.25) is 0 Å². The van der Waals surface area contributed by atoms with E-state index in [1.807, 2.05) is 0 Å². The smallest absolute Gasteiger partial charge is 0.256 e. The summed E-state index contributed by atoms with van der Waals surface area (Å²) in [7, 11) is 0. The molecule has 1 heterocycles. The van der Waals surface area contributed by atoms with Crippen LogP contribution < -0.4 is 5.32 Å². The van der Waals surface area contributed by atoms with Crippen molar-refractivity contribution in [3.8, 4) is 0 Å². The lowest BCUT2D eigenvalue weighted by molar-refractivity contribution is 0.0941. The summed E-state index contributed by atoms with van der Waals surface area (Å²) < 4.78 is 5.00. The topological polar surface area (TPSA) is 55.1 Å². The van der Waals surface area contributed by atoms with Crippen molar-refractivity contribution in [1.82, 2.24) is 10.5 Å². The highest BCUT2D eigenvalue weighted by Crippen LogP contribution is 2.23. The van der Waals surface area contributed by atoms with Crippen molar-refractivity contribution in [1.29, 1.82) is 0 Å². The Morgan fingerprint density at radius 2 is 2.06 bits per heavy atom. The summed E-state index contributed by atoms with van der Waals surface area (Å²) in [5.41, 5.74) is 1.27. The second-order valence-corrected chi connectivity index (χ2v) is 4.91. The number of nitrogens with one attached hydrogen (secondary N) is 1. The maximum Gasteiger partial charge on any atom is 0.256 e. The van der Waals surface area contributed by atoms with Crippen molar-refractivity contribution in [3.63, 3.8) is 0 Å². The Bertz CT molecular complexity index is 373. The van der Waals surface area contributed by atoms with Gasteiger partial charge in [0.1, 0.15) is 11.3 Å². The lowest BCUT2D eigenvalue weighted by Crippen LogP contribution is -2.30. The molecule has 94 valence electrons. The van der Waals surface area contributed by atoms with Crippen LogP contribution in [0.4, 0.5) is 0 Å². The van der Waals surface area contributed by atoms with E-state index in [0.29, 0.717) is 22.9 Å². The summed E-state index contributed by atoms with van der Waals surface area (Å²) in [6, 6.07) is 0. The van der Waals surface area contributed by atoms with Crippen molar-refractivity contribution < 1.29 is 9.32 Å². The Balaban J connectivity index is 1.89. The molecule has 0 bridgehead atoms. The number of nitrogens with zero attached hydrogens (tertiary/aromatic N) is 1. The zero-order chi connectivity index (χ0) is 12.3. The van der Waals surface area contributed by atoms with Crippen LogP contribution in [0.5, 0.6) is 0 Å². The van der Waals surface area contributed by atoms with Gasteiger partial charge in [0, 0.05) is 6.54 Å². The van der Waals surface area contributed by atoms with Crippen LogP contribution in [-0.4, -0.2) is 17.6 Å². The molecule has 0 spiro atoms. The lowest BCUT2D eigenvalue weighted by atomic mass is 9.89. The molecule has 1 aromatic heterocycles. The molecule has 1 saturated carbocycles. The minimum Gasteiger partial charge on any atom is -0.361 e. The molecule has 1 aliphatic carbocycles. The van der Waals surface area contributed by atoms with Crippen LogP contribution in [0.3, 0.4) is 0 Å². The molecule has 1 fully saturated rings. The monoisotopic (exact) mass is 236 g/mol. The Morgan fingerprint density at radius 1 is 1.35 bits per heavy atom. The molecule has 4 nitrogen and oxygen atoms in total. The van der Waals surface area contributed by atoms with E-state index in [9.17, 15) is 4.79 Å². The third-order valence-electron chi connectivity index (χ3n) is 3.54. The van der Waals surface area contributed by atoms with Gasteiger partial charge in [-0.05, 0) is 32.6 Å². The number of amides is 1. The highest BCUT2D eigenvalue weighted by Gasteiger charge is 2.19. The van der Waals surface area contributed by atoms with Crippen LogP contribution in [0.25, 0.3) is 0 Å². The molecular formula is C13H20N2O2. The fraction of sp³-hybridized carbons (Fsp3) is 0.692. The molecule has 1 amide bonds. The molecule has 2 rings (SSSR count). The zero-order valence-electron chi connectivity index (χ0n) is 10.6. The second-order valence-electron chi connectivity index (χ2n) is 4.91. The maximum atomic E-state index is 12.0. The largest absolute Gasteiger partial charge is 0.361 e. The predicted octanol–water partition coefficient (Wildman–Crippen LogP) is 2.60. The van der Waals surface area contributed by atoms with Gasteiger partial charge in [-0.3, -0.25) is 4.79 Å². The predicted molar refractivity (Wildman–Crippen MR) is 64.9 cm³/mol. The van der Waals surface area contributed by atoms with Crippen LogP contribution >= 0.6 is 0 Å². The van der Waals surface area contributed by atoms with E-state index in [4.69, 9.17) is 4.52 Å². The standard InChI is InChI=1S/C13H20N2O2/c1-9-12(10(2)17-15-9)13(16)14-8-11-6-4-3-5-7-11/h11H,3-8H2,1-2H3,(H,14,16). The Hall–Kier alpha value is -1.32. The Labute approximate surface area is 102 Å². The van der Waals surface area contributed by atoms with Gasteiger partial charge in [0.15, 0.2) is 0 Å². The van der Waals surface area contributed by atoms with E-state index in [1.165, 1.54) is 32.1 Å². The van der Waals surface area contributed by atoms with E-state index in [0.717, 1.165) is 6.54 Å². The minimum atomic E-state index is -0.0492. The lowest BCUT2D eigenvalue weighted by Gasteiger charge is -2.21. The third kappa shape index (κ3) is 2.87. The Morgan fingerprint density at radius 3 is 2.65 bits per heavy atom. The summed E-state index contributed by atoms with van der Waals surface area (Å²) in [4.78, 5) is 12.0. The number of aromatic nitrogens is 1. The molecule has 0 radical (unpaired) electrons. The van der Waals surface area contributed by atoms with Crippen molar-refractivity contribution in [2.75, 3.05) is 6.54 Å². The molecule has 1 aromatic rings. The van der Waals surface area contributed by atoms with Gasteiger partial charge in [0.2, 0.25) is 0 Å². The highest BCUT2D eigenvalue weighted by atomic mass is 16.5. The SMILES string of the molecule is Cc1noc(C)c1C(=O)NCC1CCCCC1. The van der Waals surface area contributed by atoms with Gasteiger partial charge in [-0.2, -0.15) is 0 Å². The van der Waals surface area contributed by atoms with Gasteiger partial charge >= 0.3 is 0 Å². The second kappa shape index (κ2) is 5.34. The first-order valence-electron chi connectivity index (χ1n) is 6.39. The maximum absolute atomic E-state index is 12.0. The highest BCUT2D eigenvalue weighted by molar-refractivity contribution is 5.96. The molecule has 1 aliphatic rings. The minimum absolute atomic E-state index is 0.0492. The molecule has 0 saturated heterocycles. The van der Waals surface area contributed by atoms with Crippen molar-refractivity contribution >= 4 is 5.91 Å². The van der Waals surface area contributed by atoms with Crippen molar-refractivity contribution in [3.05, 3.63) is 17.0 Å². The van der Waals surface area contributed by atoms with Gasteiger partial charge in [-0.15, -0.1) is 0 Å². The number of hydrogen-bond donors (Lipinski definition) is 1. The van der Waals surface area contributed by atoms with Crippen molar-refractivity contribution in [2.45, 2.75) is 46.0 Å². The normalized spacial score (nSPS) is 17.1. The van der Waals surface area contributed by atoms with E-state index in [-0.39, 0.29) is 5.91 Å². The number of carbonyl (C=O) groups excluding carboxylic acids is 1. The summed E-state index contributed by atoms with van der Waals surface area (Å²) in [6.45, 7) is 4.35. The molecule has 0 aromatic carbocycles. The Kier molecular flexibility index (Phi) is 3.82. The number of aryl methyl sites for hydroxylation is 2. The summed E-state index contributed by atoms with van der Waals surface area (Å²) in [5, 5.41) is 6.79. The van der Waals surface area contributed by atoms with Crippen LogP contribution in [-0.2, 0) is 0 Å². The van der Waals surface area contributed by atoms with Gasteiger partial charge in [-0.1, -0.05) is 24.4 Å². The zero-order valence-corrected chi connectivity index (χ0v) is 10.6. The molecular weight excluding hydrogens is 216 g/mol. The van der Waals surface area contributed by atoms with Crippen LogP contribution in [0.1, 0.15) is 53.9 Å². The fourth-order valence-electron chi connectivity index (χ4n) is 2.52. The van der Waals surface area contributed by atoms with Gasteiger partial charge < -0.3 is 9.84 Å². The number of hydrogen-bond acceptors (Lipinski definition) is 3. The average molecular weight is 236 g/mol. The van der Waals surface area contributed by atoms with E-state index < -0.39 is 0 Å². The van der Waals surface area contributed by atoms with Gasteiger partial charge in [0.25, 0.3) is 5.91 Å². The van der Waals surface area contributed by atoms with Gasteiger partial charge in [-0.25, -0.2) is 0 Å². The number of carbonyl (C=O) groups is 1. The first-order chi connectivity index (χ1) is 8.18. The van der Waals surface area contributed by atoms with Crippen LogP contribution in [0.15, 0.2) is 4.52 Å². The fourth-order valence-corrected chi connectivity index (χ4v) is 2.52. The molecule has 0 unspecified atom stereocenters. The summed E-state index contributed by atoms with van der Waals surface area (Å²) in [5.74, 6) is 1.20. The quantitative estimate of drug-likeness (QED) is 0.877. The molecule has 1 N–H and O–H groups in total. The molecule has 4 heteroatoms. The summed E-state index contributed by atoms with van der Waals surface area (Å²) >= 11 is 0. The average Bonchev–Trinajstić information content (AvgIpc) is 2.67. The van der Waals surface area contributed by atoms with E-state index in [1.54, 1.807) is 13.8 Å². The number of rotatable bonds is 3. The summed E-state index contributed by atoms with van der Waals surface area (Å²) in [6.07, 6.45) is 6.41. The first kappa shape index (κ1) is 12.1. The van der Waals surface area contributed by atoms with E-state index in [2.05, 4.69) is 10.5 Å². The first-order valence-corrected chi connectivity index (χ1v) is 6.39.